The molecule has 0 saturated heterocycles. The Kier molecular flexibility index (Phi) is 3.28. The van der Waals surface area contributed by atoms with Crippen LogP contribution in [0.5, 0.6) is 0 Å². The van der Waals surface area contributed by atoms with Gasteiger partial charge in [-0.15, -0.1) is 0 Å². The molecule has 0 amide bonds. The summed E-state index contributed by atoms with van der Waals surface area (Å²) < 4.78 is 5.47. The van der Waals surface area contributed by atoms with Crippen molar-refractivity contribution in [3.63, 3.8) is 0 Å². The van der Waals surface area contributed by atoms with Crippen molar-refractivity contribution >= 4 is 33.2 Å². The molecule has 3 heteroatoms. The van der Waals surface area contributed by atoms with Crippen LogP contribution in [0.1, 0.15) is 11.1 Å². The van der Waals surface area contributed by atoms with Crippen LogP contribution >= 0.6 is 11.6 Å². The molecule has 0 aliphatic carbocycles. The van der Waals surface area contributed by atoms with E-state index in [-0.39, 0.29) is 0 Å². The van der Waals surface area contributed by atoms with Crippen LogP contribution in [0.4, 0.5) is 0 Å². The number of hydrogen-bond acceptors (Lipinski definition) is 2. The molecule has 0 spiro atoms. The molecule has 0 aliphatic rings. The van der Waals surface area contributed by atoms with Crippen molar-refractivity contribution in [2.45, 2.75) is 0 Å². The highest BCUT2D eigenvalue weighted by molar-refractivity contribution is 6.54. The summed E-state index contributed by atoms with van der Waals surface area (Å²) in [5.41, 5.74) is 2.73. The lowest BCUT2D eigenvalue weighted by molar-refractivity contribution is 0.615. The van der Waals surface area contributed by atoms with E-state index in [9.17, 15) is 5.26 Å². The Morgan fingerprint density at radius 2 is 1.70 bits per heavy atom. The number of para-hydroxylation sites is 1. The lowest BCUT2D eigenvalue weighted by Gasteiger charge is -2.02. The van der Waals surface area contributed by atoms with E-state index >= 15 is 0 Å². The number of furan rings is 1. The first-order valence-corrected chi connectivity index (χ1v) is 6.51. The van der Waals surface area contributed by atoms with Gasteiger partial charge in [0.1, 0.15) is 17.9 Å². The van der Waals surface area contributed by atoms with E-state index in [1.165, 1.54) is 0 Å². The molecule has 0 radical (unpaired) electrons. The van der Waals surface area contributed by atoms with Gasteiger partial charge in [-0.1, -0.05) is 60.1 Å². The first-order valence-electron chi connectivity index (χ1n) is 6.13. The summed E-state index contributed by atoms with van der Waals surface area (Å²) in [7, 11) is 0. The van der Waals surface area contributed by atoms with E-state index in [1.807, 2.05) is 54.6 Å². The van der Waals surface area contributed by atoms with Gasteiger partial charge in [0.2, 0.25) is 0 Å². The van der Waals surface area contributed by atoms with Crippen molar-refractivity contribution in [2.75, 3.05) is 0 Å². The van der Waals surface area contributed by atoms with E-state index < -0.39 is 0 Å². The average molecular weight is 280 g/mol. The second-order valence-corrected chi connectivity index (χ2v) is 4.69. The van der Waals surface area contributed by atoms with Gasteiger partial charge < -0.3 is 4.42 Å². The number of fused-ring (bicyclic) bond motifs is 1. The number of allylic oxidation sites excluding steroid dienone is 1. The lowest BCUT2D eigenvalue weighted by Crippen LogP contribution is -1.85. The zero-order chi connectivity index (χ0) is 13.9. The van der Waals surface area contributed by atoms with Crippen LogP contribution in [-0.2, 0) is 0 Å². The quantitative estimate of drug-likeness (QED) is 0.615. The normalized spacial score (nSPS) is 12.0. The number of hydrogen-bond donors (Lipinski definition) is 0. The van der Waals surface area contributed by atoms with Crippen LogP contribution in [0.3, 0.4) is 0 Å². The molecule has 0 saturated carbocycles. The molecule has 96 valence electrons. The predicted octanol–water partition coefficient (Wildman–Crippen LogP) is 5.06. The van der Waals surface area contributed by atoms with Crippen molar-refractivity contribution in [3.05, 3.63) is 72.0 Å². The number of rotatable bonds is 2. The molecule has 3 aromatic rings. The van der Waals surface area contributed by atoms with E-state index in [0.717, 1.165) is 22.1 Å². The third-order valence-electron chi connectivity index (χ3n) is 3.11. The van der Waals surface area contributed by atoms with Crippen LogP contribution in [-0.4, -0.2) is 0 Å². The molecule has 0 unspecified atom stereocenters. The van der Waals surface area contributed by atoms with Crippen LogP contribution < -0.4 is 0 Å². The predicted molar refractivity (Wildman–Crippen MR) is 80.9 cm³/mol. The van der Waals surface area contributed by atoms with E-state index in [1.54, 1.807) is 6.26 Å². The van der Waals surface area contributed by atoms with Gasteiger partial charge in [-0.05, 0) is 11.6 Å². The fraction of sp³-hybridized carbons (Fsp3) is 0. The van der Waals surface area contributed by atoms with Gasteiger partial charge in [0.25, 0.3) is 0 Å². The van der Waals surface area contributed by atoms with Crippen molar-refractivity contribution in [1.82, 2.24) is 0 Å². The summed E-state index contributed by atoms with van der Waals surface area (Å²) >= 11 is 6.42. The van der Waals surface area contributed by atoms with Gasteiger partial charge in [-0.3, -0.25) is 0 Å². The highest BCUT2D eigenvalue weighted by Crippen LogP contribution is 2.34. The van der Waals surface area contributed by atoms with Crippen molar-refractivity contribution < 1.29 is 4.42 Å². The molecule has 0 aliphatic heterocycles. The Labute approximate surface area is 121 Å². The second kappa shape index (κ2) is 5.24. The zero-order valence-electron chi connectivity index (χ0n) is 10.5. The number of nitrogens with zero attached hydrogens (tertiary/aromatic N) is 1. The van der Waals surface area contributed by atoms with Gasteiger partial charge in [0.15, 0.2) is 0 Å². The van der Waals surface area contributed by atoms with E-state index in [0.29, 0.717) is 10.6 Å². The minimum atomic E-state index is 0.406. The zero-order valence-corrected chi connectivity index (χ0v) is 11.3. The van der Waals surface area contributed by atoms with Gasteiger partial charge in [0, 0.05) is 10.9 Å². The molecule has 0 bridgehead atoms. The summed E-state index contributed by atoms with van der Waals surface area (Å²) in [4.78, 5) is 0. The van der Waals surface area contributed by atoms with Crippen LogP contribution in [0.25, 0.3) is 21.6 Å². The summed E-state index contributed by atoms with van der Waals surface area (Å²) in [5.74, 6) is 0. The Hall–Kier alpha value is -2.50. The Morgan fingerprint density at radius 1 is 1.00 bits per heavy atom. The molecule has 0 fully saturated rings. The lowest BCUT2D eigenvalue weighted by atomic mass is 10.0. The second-order valence-electron chi connectivity index (χ2n) is 4.31. The number of benzene rings is 2. The molecule has 20 heavy (non-hydrogen) atoms. The molecule has 3 rings (SSSR count). The molecular weight excluding hydrogens is 270 g/mol. The molecular formula is C17H10ClNO. The van der Waals surface area contributed by atoms with Gasteiger partial charge in [-0.25, -0.2) is 0 Å². The summed E-state index contributed by atoms with van der Waals surface area (Å²) in [5, 5.41) is 10.7. The summed E-state index contributed by atoms with van der Waals surface area (Å²) in [6.07, 6.45) is 1.59. The van der Waals surface area contributed by atoms with Crippen molar-refractivity contribution in [3.8, 4) is 6.07 Å². The van der Waals surface area contributed by atoms with Crippen molar-refractivity contribution in [1.29, 1.82) is 5.26 Å². The molecule has 0 N–H and O–H groups in total. The van der Waals surface area contributed by atoms with Gasteiger partial charge >= 0.3 is 0 Å². The third kappa shape index (κ3) is 2.09. The topological polar surface area (TPSA) is 36.9 Å². The Balaban J connectivity index is 2.22. The Bertz CT molecular complexity index is 825. The van der Waals surface area contributed by atoms with Gasteiger partial charge in [0.05, 0.1) is 10.6 Å². The maximum Gasteiger partial charge on any atom is 0.134 e. The first-order chi connectivity index (χ1) is 9.81. The minimum Gasteiger partial charge on any atom is -0.464 e. The molecule has 1 aromatic heterocycles. The summed E-state index contributed by atoms with van der Waals surface area (Å²) in [6, 6.07) is 19.2. The average Bonchev–Trinajstić information content (AvgIpc) is 2.93. The fourth-order valence-corrected chi connectivity index (χ4v) is 2.43. The van der Waals surface area contributed by atoms with E-state index in [4.69, 9.17) is 16.0 Å². The highest BCUT2D eigenvalue weighted by Gasteiger charge is 2.14. The standard InChI is InChI=1S/C17H10ClNO/c18-17(14(10-19)12-6-2-1-3-7-12)15-11-20-16-9-5-4-8-13(15)16/h1-9,11H. The largest absolute Gasteiger partial charge is 0.464 e. The van der Waals surface area contributed by atoms with E-state index in [2.05, 4.69) is 6.07 Å². The first kappa shape index (κ1) is 12.5. The molecule has 1 heterocycles. The molecule has 2 aromatic carbocycles. The summed E-state index contributed by atoms with van der Waals surface area (Å²) in [6.45, 7) is 0. The smallest absolute Gasteiger partial charge is 0.134 e. The number of halogens is 1. The molecule has 2 nitrogen and oxygen atoms in total. The van der Waals surface area contributed by atoms with Gasteiger partial charge in [-0.2, -0.15) is 5.26 Å². The minimum absolute atomic E-state index is 0.406. The van der Waals surface area contributed by atoms with Crippen molar-refractivity contribution in [2.24, 2.45) is 0 Å². The molecule has 0 atom stereocenters. The van der Waals surface area contributed by atoms with Crippen LogP contribution in [0, 0.1) is 11.3 Å². The maximum atomic E-state index is 9.40. The van der Waals surface area contributed by atoms with Crippen LogP contribution in [0.2, 0.25) is 0 Å². The highest BCUT2D eigenvalue weighted by atomic mass is 35.5. The fourth-order valence-electron chi connectivity index (χ4n) is 2.13. The third-order valence-corrected chi connectivity index (χ3v) is 3.50. The monoisotopic (exact) mass is 279 g/mol. The number of nitriles is 1. The maximum absolute atomic E-state index is 9.40. The Morgan fingerprint density at radius 3 is 2.45 bits per heavy atom. The van der Waals surface area contributed by atoms with Crippen LogP contribution in [0.15, 0.2) is 65.3 Å². The SMILES string of the molecule is N#CC(=C(Cl)c1coc2ccccc12)c1ccccc1.